The lowest BCUT2D eigenvalue weighted by atomic mass is 9.91. The molecule has 3 aromatic rings. The molecule has 3 aromatic carbocycles. The Morgan fingerprint density at radius 1 is 0.886 bits per heavy atom. The number of sulfonamides is 1. The maximum atomic E-state index is 14.3. The number of nitrogens with one attached hydrogen (secondary N) is 1. The van der Waals surface area contributed by atoms with Gasteiger partial charge < -0.3 is 5.32 Å². The molecule has 5 nitrogen and oxygen atoms in total. The van der Waals surface area contributed by atoms with Crippen LogP contribution in [-0.2, 0) is 16.4 Å². The van der Waals surface area contributed by atoms with Crippen molar-refractivity contribution in [2.75, 3.05) is 31.4 Å². The highest BCUT2D eigenvalue weighted by Crippen LogP contribution is 2.22. The normalized spacial score (nSPS) is 12.5. The van der Waals surface area contributed by atoms with Crippen LogP contribution in [0.4, 0.5) is 4.39 Å². The average Bonchev–Trinajstić information content (AvgIpc) is 2.88. The molecular formula is C26H27Cl2FN2O3S. The summed E-state index contributed by atoms with van der Waals surface area (Å²) < 4.78 is 41.2. The van der Waals surface area contributed by atoms with E-state index in [-0.39, 0.29) is 53.9 Å². The molecule has 1 N–H and O–H groups in total. The molecule has 1 atom stereocenters. The largest absolute Gasteiger partial charge is 0.351 e. The van der Waals surface area contributed by atoms with Gasteiger partial charge in [0.2, 0.25) is 10.0 Å². The van der Waals surface area contributed by atoms with Crippen LogP contribution in [0.2, 0.25) is 0 Å². The number of hydrogen-bond donors (Lipinski definition) is 1. The van der Waals surface area contributed by atoms with Crippen LogP contribution in [0.15, 0.2) is 83.8 Å². The predicted molar refractivity (Wildman–Crippen MR) is 138 cm³/mol. The van der Waals surface area contributed by atoms with E-state index in [0.29, 0.717) is 17.5 Å². The molecule has 0 aliphatic carbocycles. The number of carbonyl (C=O) groups excluding carboxylic acids is 1. The fourth-order valence-electron chi connectivity index (χ4n) is 3.75. The van der Waals surface area contributed by atoms with E-state index in [0.717, 1.165) is 5.56 Å². The summed E-state index contributed by atoms with van der Waals surface area (Å²) in [5, 5.41) is 2.90. The number of carbonyl (C=O) groups is 1. The van der Waals surface area contributed by atoms with Gasteiger partial charge in [0.05, 0.1) is 4.90 Å². The highest BCUT2D eigenvalue weighted by atomic mass is 35.5. The number of alkyl halides is 2. The molecule has 0 radical (unpaired) electrons. The summed E-state index contributed by atoms with van der Waals surface area (Å²) in [5.74, 6) is -0.481. The first-order valence-electron chi connectivity index (χ1n) is 11.2. The van der Waals surface area contributed by atoms with Gasteiger partial charge in [-0.15, -0.1) is 23.2 Å². The van der Waals surface area contributed by atoms with E-state index in [2.05, 4.69) is 5.32 Å². The second kappa shape index (κ2) is 13.0. The summed E-state index contributed by atoms with van der Waals surface area (Å²) in [6.07, 6.45) is 0.422. The number of halogens is 3. The van der Waals surface area contributed by atoms with E-state index in [1.807, 2.05) is 30.3 Å². The van der Waals surface area contributed by atoms with Gasteiger partial charge in [-0.3, -0.25) is 4.79 Å². The summed E-state index contributed by atoms with van der Waals surface area (Å²) in [6, 6.07) is 21.9. The van der Waals surface area contributed by atoms with E-state index in [9.17, 15) is 17.6 Å². The van der Waals surface area contributed by atoms with Gasteiger partial charge in [-0.2, -0.15) is 4.31 Å². The van der Waals surface area contributed by atoms with Crippen molar-refractivity contribution < 1.29 is 17.6 Å². The molecule has 1 unspecified atom stereocenters. The Labute approximate surface area is 215 Å². The molecule has 0 saturated carbocycles. The zero-order valence-corrected chi connectivity index (χ0v) is 21.4. The Bertz CT molecular complexity index is 1200. The minimum absolute atomic E-state index is 0.0611. The first-order chi connectivity index (χ1) is 16.9. The van der Waals surface area contributed by atoms with Gasteiger partial charge in [-0.05, 0) is 47.9 Å². The van der Waals surface area contributed by atoms with Crippen molar-refractivity contribution >= 4 is 39.1 Å². The topological polar surface area (TPSA) is 66.5 Å². The third-order valence-corrected chi connectivity index (χ3v) is 7.88. The average molecular weight is 537 g/mol. The van der Waals surface area contributed by atoms with E-state index in [4.69, 9.17) is 23.2 Å². The van der Waals surface area contributed by atoms with Crippen molar-refractivity contribution in [3.8, 4) is 0 Å². The van der Waals surface area contributed by atoms with Gasteiger partial charge in [-0.25, -0.2) is 12.8 Å². The Morgan fingerprint density at radius 3 is 2.09 bits per heavy atom. The molecule has 35 heavy (non-hydrogen) atoms. The van der Waals surface area contributed by atoms with E-state index in [1.165, 1.54) is 34.6 Å². The minimum atomic E-state index is -3.77. The molecule has 3 rings (SSSR count). The molecule has 186 valence electrons. The highest BCUT2D eigenvalue weighted by Gasteiger charge is 2.24. The molecule has 0 aliphatic heterocycles. The second-order valence-electron chi connectivity index (χ2n) is 7.92. The van der Waals surface area contributed by atoms with Gasteiger partial charge in [0.1, 0.15) is 5.82 Å². The van der Waals surface area contributed by atoms with Gasteiger partial charge in [0.15, 0.2) is 0 Å². The highest BCUT2D eigenvalue weighted by molar-refractivity contribution is 7.89. The van der Waals surface area contributed by atoms with Crippen LogP contribution in [0.1, 0.15) is 27.4 Å². The van der Waals surface area contributed by atoms with Gasteiger partial charge in [0, 0.05) is 42.9 Å². The fraction of sp³-hybridized carbons (Fsp3) is 0.269. The number of rotatable bonds is 12. The quantitative estimate of drug-likeness (QED) is 0.329. The summed E-state index contributed by atoms with van der Waals surface area (Å²) in [7, 11) is -3.77. The van der Waals surface area contributed by atoms with Gasteiger partial charge >= 0.3 is 0 Å². The van der Waals surface area contributed by atoms with E-state index in [1.54, 1.807) is 18.2 Å². The molecule has 0 heterocycles. The molecule has 0 aliphatic rings. The smallest absolute Gasteiger partial charge is 0.251 e. The lowest BCUT2D eigenvalue weighted by Gasteiger charge is -2.20. The molecule has 0 fully saturated rings. The number of amides is 1. The van der Waals surface area contributed by atoms with Crippen LogP contribution >= 0.6 is 23.2 Å². The van der Waals surface area contributed by atoms with Crippen molar-refractivity contribution in [1.29, 1.82) is 0 Å². The second-order valence-corrected chi connectivity index (χ2v) is 10.6. The Morgan fingerprint density at radius 2 is 1.49 bits per heavy atom. The standard InChI is InChI=1S/C26H27Cl2FN2O3S/c27-14-16-31(17-15-28)35(33,34)24-12-10-21(11-13-24)26(32)30-19-23(20-6-2-1-3-7-20)18-22-8-4-5-9-25(22)29/h1-13,23H,14-19H2,(H,30,32). The monoisotopic (exact) mass is 536 g/mol. The molecule has 0 aromatic heterocycles. The van der Waals surface area contributed by atoms with Crippen LogP contribution in [0.3, 0.4) is 0 Å². The van der Waals surface area contributed by atoms with Crippen LogP contribution in [0, 0.1) is 5.82 Å². The van der Waals surface area contributed by atoms with Crippen LogP contribution in [0.25, 0.3) is 0 Å². The Balaban J connectivity index is 1.72. The molecule has 0 spiro atoms. The van der Waals surface area contributed by atoms with E-state index < -0.39 is 10.0 Å². The first-order valence-corrected chi connectivity index (χ1v) is 13.7. The first kappa shape index (κ1) is 27.1. The predicted octanol–water partition coefficient (Wildman–Crippen LogP) is 5.05. The molecular weight excluding hydrogens is 510 g/mol. The van der Waals surface area contributed by atoms with Crippen LogP contribution in [-0.4, -0.2) is 50.0 Å². The molecule has 0 saturated heterocycles. The van der Waals surface area contributed by atoms with Crippen LogP contribution < -0.4 is 5.32 Å². The molecule has 0 bridgehead atoms. The van der Waals surface area contributed by atoms with Crippen molar-refractivity contribution in [1.82, 2.24) is 9.62 Å². The minimum Gasteiger partial charge on any atom is -0.351 e. The van der Waals surface area contributed by atoms with Gasteiger partial charge in [-0.1, -0.05) is 48.5 Å². The third kappa shape index (κ3) is 7.27. The van der Waals surface area contributed by atoms with Crippen molar-refractivity contribution in [3.05, 3.63) is 101 Å². The fourth-order valence-corrected chi connectivity index (χ4v) is 5.80. The Kier molecular flexibility index (Phi) is 10.1. The summed E-state index contributed by atoms with van der Waals surface area (Å²) in [5.41, 5.74) is 1.88. The maximum absolute atomic E-state index is 14.3. The lowest BCUT2D eigenvalue weighted by Crippen LogP contribution is -2.34. The lowest BCUT2D eigenvalue weighted by molar-refractivity contribution is 0.0951. The molecule has 9 heteroatoms. The Hall–Kier alpha value is -2.45. The van der Waals surface area contributed by atoms with Gasteiger partial charge in [0.25, 0.3) is 5.91 Å². The van der Waals surface area contributed by atoms with Crippen LogP contribution in [0.5, 0.6) is 0 Å². The third-order valence-electron chi connectivity index (χ3n) is 5.63. The maximum Gasteiger partial charge on any atom is 0.251 e. The van der Waals surface area contributed by atoms with E-state index >= 15 is 0 Å². The zero-order chi connectivity index (χ0) is 25.3. The number of benzene rings is 3. The summed E-state index contributed by atoms with van der Waals surface area (Å²) in [4.78, 5) is 12.9. The SMILES string of the molecule is O=C(NCC(Cc1ccccc1F)c1ccccc1)c1ccc(S(=O)(=O)N(CCCl)CCCl)cc1. The van der Waals surface area contributed by atoms with Crippen molar-refractivity contribution in [3.63, 3.8) is 0 Å². The van der Waals surface area contributed by atoms with Crippen molar-refractivity contribution in [2.24, 2.45) is 0 Å². The zero-order valence-electron chi connectivity index (χ0n) is 19.0. The molecule has 1 amide bonds. The summed E-state index contributed by atoms with van der Waals surface area (Å²) >= 11 is 11.5. The van der Waals surface area contributed by atoms with Crippen molar-refractivity contribution in [2.45, 2.75) is 17.2 Å². The number of hydrogen-bond acceptors (Lipinski definition) is 3. The number of nitrogens with zero attached hydrogens (tertiary/aromatic N) is 1. The summed E-state index contributed by atoms with van der Waals surface area (Å²) in [6.45, 7) is 0.569.